The average molecular weight is 235 g/mol. The largest absolute Gasteiger partial charge is 0.505 e. The lowest BCUT2D eigenvalue weighted by molar-refractivity contribution is 0.475. The lowest BCUT2D eigenvalue weighted by Gasteiger charge is -2.17. The molecule has 0 saturated carbocycles. The number of hydrogen-bond acceptors (Lipinski definition) is 3. The fourth-order valence-electron chi connectivity index (χ4n) is 1.08. The van der Waals surface area contributed by atoms with Gasteiger partial charge < -0.3 is 16.6 Å². The van der Waals surface area contributed by atoms with Crippen LogP contribution in [-0.4, -0.2) is 11.1 Å². The van der Waals surface area contributed by atoms with E-state index in [2.05, 4.69) is 0 Å². The van der Waals surface area contributed by atoms with Gasteiger partial charge in [-0.15, -0.1) is 0 Å². The van der Waals surface area contributed by atoms with Crippen LogP contribution in [0.5, 0.6) is 5.75 Å². The van der Waals surface area contributed by atoms with Gasteiger partial charge in [0.25, 0.3) is 0 Å². The Hall–Kier alpha value is -0.480. The minimum absolute atomic E-state index is 0.131. The summed E-state index contributed by atoms with van der Waals surface area (Å²) in [5.41, 5.74) is 12.1. The van der Waals surface area contributed by atoms with Crippen molar-refractivity contribution in [3.05, 3.63) is 27.7 Å². The molecule has 0 radical (unpaired) electrons. The SMILES string of the molecule is C[C@H](N)[C@@H](N)c1cc(Cl)c(O)c(Cl)c1. The van der Waals surface area contributed by atoms with Crippen molar-refractivity contribution in [3.63, 3.8) is 0 Å². The van der Waals surface area contributed by atoms with Gasteiger partial charge in [-0.2, -0.15) is 0 Å². The highest BCUT2D eigenvalue weighted by Crippen LogP contribution is 2.34. The molecule has 0 saturated heterocycles. The van der Waals surface area contributed by atoms with Crippen molar-refractivity contribution in [1.29, 1.82) is 0 Å². The first-order valence-electron chi connectivity index (χ1n) is 4.12. The Morgan fingerprint density at radius 1 is 1.21 bits per heavy atom. The minimum Gasteiger partial charge on any atom is -0.505 e. The van der Waals surface area contributed by atoms with Crippen LogP contribution < -0.4 is 11.5 Å². The summed E-state index contributed by atoms with van der Waals surface area (Å²) in [5, 5.41) is 9.68. The molecule has 3 nitrogen and oxygen atoms in total. The molecule has 0 bridgehead atoms. The molecule has 0 aromatic heterocycles. The van der Waals surface area contributed by atoms with E-state index in [1.807, 2.05) is 0 Å². The second-order valence-corrected chi connectivity index (χ2v) is 4.03. The normalized spacial score (nSPS) is 15.2. The molecule has 0 heterocycles. The molecule has 1 aromatic carbocycles. The Morgan fingerprint density at radius 3 is 2.00 bits per heavy atom. The topological polar surface area (TPSA) is 72.3 Å². The van der Waals surface area contributed by atoms with Crippen LogP contribution in [0.2, 0.25) is 10.0 Å². The number of aromatic hydroxyl groups is 1. The first-order chi connectivity index (χ1) is 6.43. The third kappa shape index (κ3) is 2.30. The van der Waals surface area contributed by atoms with Gasteiger partial charge in [0.2, 0.25) is 0 Å². The van der Waals surface area contributed by atoms with E-state index in [0.29, 0.717) is 5.56 Å². The van der Waals surface area contributed by atoms with Gasteiger partial charge in [-0.1, -0.05) is 23.2 Å². The highest BCUT2D eigenvalue weighted by Gasteiger charge is 2.14. The third-order valence-electron chi connectivity index (χ3n) is 1.99. The summed E-state index contributed by atoms with van der Waals surface area (Å²) >= 11 is 11.5. The van der Waals surface area contributed by atoms with Gasteiger partial charge in [0, 0.05) is 12.1 Å². The summed E-state index contributed by atoms with van der Waals surface area (Å²) in [4.78, 5) is 0. The van der Waals surface area contributed by atoms with Crippen LogP contribution in [0.1, 0.15) is 18.5 Å². The van der Waals surface area contributed by atoms with E-state index in [1.165, 1.54) is 0 Å². The molecule has 5 heteroatoms. The Kier molecular flexibility index (Phi) is 3.61. The van der Waals surface area contributed by atoms with Crippen LogP contribution in [0, 0.1) is 0 Å². The van der Waals surface area contributed by atoms with E-state index in [4.69, 9.17) is 34.7 Å². The fraction of sp³-hybridized carbons (Fsp3) is 0.333. The predicted molar refractivity (Wildman–Crippen MR) is 58.7 cm³/mol. The summed E-state index contributed by atoms with van der Waals surface area (Å²) in [7, 11) is 0. The van der Waals surface area contributed by atoms with Crippen LogP contribution in [0.3, 0.4) is 0 Å². The van der Waals surface area contributed by atoms with Gasteiger partial charge in [-0.05, 0) is 24.6 Å². The van der Waals surface area contributed by atoms with Crippen molar-refractivity contribution in [1.82, 2.24) is 0 Å². The Bertz CT molecular complexity index is 319. The maximum absolute atomic E-state index is 9.32. The van der Waals surface area contributed by atoms with E-state index in [0.717, 1.165) is 0 Å². The molecule has 0 aliphatic rings. The molecule has 0 aliphatic heterocycles. The molecule has 0 spiro atoms. The number of halogens is 2. The van der Waals surface area contributed by atoms with E-state index in [1.54, 1.807) is 19.1 Å². The molecule has 5 N–H and O–H groups in total. The number of phenols is 1. The standard InChI is InChI=1S/C9H12Cl2N2O/c1-4(12)8(13)5-2-6(10)9(14)7(11)3-5/h2-4,8,14H,12-13H2,1H3/t4-,8+/m0/s1. The van der Waals surface area contributed by atoms with E-state index < -0.39 is 0 Å². The van der Waals surface area contributed by atoms with Crippen molar-refractivity contribution in [2.45, 2.75) is 19.0 Å². The van der Waals surface area contributed by atoms with Crippen molar-refractivity contribution in [2.75, 3.05) is 0 Å². The van der Waals surface area contributed by atoms with Crippen LogP contribution >= 0.6 is 23.2 Å². The molecule has 0 unspecified atom stereocenters. The number of hydrogen-bond donors (Lipinski definition) is 3. The van der Waals surface area contributed by atoms with E-state index in [-0.39, 0.29) is 27.9 Å². The van der Waals surface area contributed by atoms with Crippen LogP contribution in [0.4, 0.5) is 0 Å². The molecular formula is C9H12Cl2N2O. The molecule has 1 rings (SSSR count). The second kappa shape index (κ2) is 4.36. The van der Waals surface area contributed by atoms with Crippen molar-refractivity contribution in [3.8, 4) is 5.75 Å². The second-order valence-electron chi connectivity index (χ2n) is 3.22. The molecule has 78 valence electrons. The third-order valence-corrected chi connectivity index (χ3v) is 2.57. The first-order valence-corrected chi connectivity index (χ1v) is 4.88. The first kappa shape index (κ1) is 11.6. The molecule has 0 aliphatic carbocycles. The monoisotopic (exact) mass is 234 g/mol. The zero-order valence-corrected chi connectivity index (χ0v) is 9.18. The van der Waals surface area contributed by atoms with Crippen molar-refractivity contribution in [2.24, 2.45) is 11.5 Å². The molecule has 2 atom stereocenters. The number of rotatable bonds is 2. The van der Waals surface area contributed by atoms with E-state index in [9.17, 15) is 5.11 Å². The average Bonchev–Trinajstić information content (AvgIpc) is 2.12. The maximum Gasteiger partial charge on any atom is 0.152 e. The highest BCUT2D eigenvalue weighted by molar-refractivity contribution is 6.37. The summed E-state index contributed by atoms with van der Waals surface area (Å²) in [6.07, 6.45) is 0. The van der Waals surface area contributed by atoms with Crippen molar-refractivity contribution < 1.29 is 5.11 Å². The number of benzene rings is 1. The summed E-state index contributed by atoms with van der Waals surface area (Å²) in [6.45, 7) is 1.79. The van der Waals surface area contributed by atoms with E-state index >= 15 is 0 Å². The smallest absolute Gasteiger partial charge is 0.152 e. The van der Waals surface area contributed by atoms with Gasteiger partial charge in [-0.3, -0.25) is 0 Å². The molecular weight excluding hydrogens is 223 g/mol. The molecule has 0 fully saturated rings. The van der Waals surface area contributed by atoms with Crippen LogP contribution in [-0.2, 0) is 0 Å². The molecule has 14 heavy (non-hydrogen) atoms. The minimum atomic E-state index is -0.342. The summed E-state index contributed by atoms with van der Waals surface area (Å²) < 4.78 is 0. The highest BCUT2D eigenvalue weighted by atomic mass is 35.5. The molecule has 1 aromatic rings. The Morgan fingerprint density at radius 2 is 1.64 bits per heavy atom. The van der Waals surface area contributed by atoms with Crippen LogP contribution in [0.15, 0.2) is 12.1 Å². The van der Waals surface area contributed by atoms with Gasteiger partial charge >= 0.3 is 0 Å². The van der Waals surface area contributed by atoms with Gasteiger partial charge in [0.05, 0.1) is 10.0 Å². The maximum atomic E-state index is 9.32. The number of nitrogens with two attached hydrogens (primary N) is 2. The lowest BCUT2D eigenvalue weighted by Crippen LogP contribution is -2.31. The fourth-order valence-corrected chi connectivity index (χ4v) is 1.59. The van der Waals surface area contributed by atoms with Gasteiger partial charge in [0.15, 0.2) is 5.75 Å². The Labute approximate surface area is 92.6 Å². The zero-order valence-electron chi connectivity index (χ0n) is 7.67. The van der Waals surface area contributed by atoms with Crippen LogP contribution in [0.25, 0.3) is 0 Å². The predicted octanol–water partition coefficient (Wildman–Crippen LogP) is 2.05. The van der Waals surface area contributed by atoms with Crippen molar-refractivity contribution >= 4 is 23.2 Å². The zero-order chi connectivity index (χ0) is 10.9. The quantitative estimate of drug-likeness (QED) is 0.734. The van der Waals surface area contributed by atoms with Gasteiger partial charge in [-0.25, -0.2) is 0 Å². The van der Waals surface area contributed by atoms with Gasteiger partial charge in [0.1, 0.15) is 0 Å². The number of phenolic OH excluding ortho intramolecular Hbond substituents is 1. The molecule has 0 amide bonds. The lowest BCUT2D eigenvalue weighted by atomic mass is 10.0. The Balaban J connectivity index is 3.12. The summed E-state index contributed by atoms with van der Waals surface area (Å²) in [6, 6.07) is 2.59. The summed E-state index contributed by atoms with van der Waals surface area (Å²) in [5.74, 6) is -0.131.